The number of anilines is 1. The molecule has 174 valence electrons. The molecular weight excluding hydrogens is 434 g/mol. The van der Waals surface area contributed by atoms with Crippen LogP contribution in [0.5, 0.6) is 0 Å². The van der Waals surface area contributed by atoms with Gasteiger partial charge in [0.15, 0.2) is 0 Å². The van der Waals surface area contributed by atoms with Gasteiger partial charge in [-0.1, -0.05) is 18.1 Å². The van der Waals surface area contributed by atoms with Crippen LogP contribution in [0.2, 0.25) is 0 Å². The van der Waals surface area contributed by atoms with Crippen molar-refractivity contribution in [3.8, 4) is 12.3 Å². The molecule has 1 heterocycles. The van der Waals surface area contributed by atoms with Crippen LogP contribution in [-0.2, 0) is 16.1 Å². The van der Waals surface area contributed by atoms with Crippen LogP contribution in [0, 0.1) is 19.3 Å². The molecule has 8 heteroatoms. The maximum absolute atomic E-state index is 12.5. The minimum absolute atomic E-state index is 0.203. The Hall–Kier alpha value is -4.38. The number of carboxylic acid groups (broad SMARTS) is 2. The molecule has 0 radical (unpaired) electrons. The number of aryl methyl sites for hydroxylation is 1. The average Bonchev–Trinajstić information content (AvgIpc) is 2.81. The molecule has 3 N–H and O–H groups in total. The number of nitrogens with one attached hydrogen (secondary N) is 1. The molecular formula is C26H25N3O5. The third-order valence-corrected chi connectivity index (χ3v) is 5.29. The van der Waals surface area contributed by atoms with E-state index in [1.165, 1.54) is 0 Å². The van der Waals surface area contributed by atoms with Gasteiger partial charge in [-0.05, 0) is 61.4 Å². The van der Waals surface area contributed by atoms with Crippen molar-refractivity contribution in [2.24, 2.45) is 0 Å². The molecule has 0 aliphatic carbocycles. The molecule has 8 nitrogen and oxygen atoms in total. The number of carboxylic acids is 2. The fraction of sp³-hybridized carbons (Fsp3) is 0.231. The first-order valence-corrected chi connectivity index (χ1v) is 10.7. The van der Waals surface area contributed by atoms with Crippen molar-refractivity contribution in [1.29, 1.82) is 0 Å². The smallest absolute Gasteiger partial charge is 0.326 e. The highest BCUT2D eigenvalue weighted by molar-refractivity contribution is 5.97. The van der Waals surface area contributed by atoms with E-state index in [9.17, 15) is 19.5 Å². The van der Waals surface area contributed by atoms with E-state index < -0.39 is 23.9 Å². The standard InChI is InChI=1S/C26H25N3O5/c1-3-14-29(16-18-5-11-22-20(15-18)6-4-17(2)27-22)21-9-7-19(8-10-21)25(32)28-23(26(33)34)12-13-24(30)31/h1,4-11,15,23H,12-14,16H2,2H3,(H,28,32)(H,30,31)(H,33,34)/t23-/m0/s1. The minimum atomic E-state index is -1.29. The fourth-order valence-electron chi connectivity index (χ4n) is 3.53. The van der Waals surface area contributed by atoms with Gasteiger partial charge in [0.2, 0.25) is 0 Å². The Morgan fingerprint density at radius 2 is 1.82 bits per heavy atom. The summed E-state index contributed by atoms with van der Waals surface area (Å²) in [5, 5.41) is 21.4. The number of aromatic nitrogens is 1. The van der Waals surface area contributed by atoms with Crippen LogP contribution in [0.3, 0.4) is 0 Å². The number of hydrogen-bond donors (Lipinski definition) is 3. The number of terminal acetylenes is 1. The molecule has 3 aromatic rings. The van der Waals surface area contributed by atoms with E-state index >= 15 is 0 Å². The molecule has 0 fully saturated rings. The predicted molar refractivity (Wildman–Crippen MR) is 129 cm³/mol. The predicted octanol–water partition coefficient (Wildman–Crippen LogP) is 3.23. The summed E-state index contributed by atoms with van der Waals surface area (Å²) >= 11 is 0. The number of fused-ring (bicyclic) bond motifs is 1. The molecule has 0 saturated carbocycles. The Kier molecular flexibility index (Phi) is 7.83. The van der Waals surface area contributed by atoms with Gasteiger partial charge in [0, 0.05) is 35.3 Å². The molecule has 3 rings (SSSR count). The van der Waals surface area contributed by atoms with Crippen molar-refractivity contribution in [1.82, 2.24) is 10.3 Å². The van der Waals surface area contributed by atoms with Crippen LogP contribution in [0.25, 0.3) is 10.9 Å². The zero-order valence-corrected chi connectivity index (χ0v) is 18.7. The summed E-state index contributed by atoms with van der Waals surface area (Å²) in [6.07, 6.45) is 5.01. The number of nitrogens with zero attached hydrogens (tertiary/aromatic N) is 2. The van der Waals surface area contributed by atoms with E-state index in [0.29, 0.717) is 13.1 Å². The second-order valence-electron chi connectivity index (χ2n) is 7.88. The topological polar surface area (TPSA) is 120 Å². The van der Waals surface area contributed by atoms with Gasteiger partial charge in [0.1, 0.15) is 6.04 Å². The van der Waals surface area contributed by atoms with Crippen molar-refractivity contribution in [2.45, 2.75) is 32.4 Å². The molecule has 0 saturated heterocycles. The molecule has 1 aromatic heterocycles. The number of benzene rings is 2. The third kappa shape index (κ3) is 6.33. The molecule has 0 spiro atoms. The van der Waals surface area contributed by atoms with Gasteiger partial charge >= 0.3 is 11.9 Å². The van der Waals surface area contributed by atoms with Gasteiger partial charge in [-0.15, -0.1) is 6.42 Å². The fourth-order valence-corrected chi connectivity index (χ4v) is 3.53. The summed E-state index contributed by atoms with van der Waals surface area (Å²) < 4.78 is 0. The largest absolute Gasteiger partial charge is 0.481 e. The van der Waals surface area contributed by atoms with Crippen LogP contribution in [0.15, 0.2) is 54.6 Å². The first-order chi connectivity index (χ1) is 16.3. The van der Waals surface area contributed by atoms with E-state index in [-0.39, 0.29) is 18.4 Å². The monoisotopic (exact) mass is 459 g/mol. The van der Waals surface area contributed by atoms with E-state index in [1.807, 2.05) is 36.1 Å². The number of carbonyl (C=O) groups excluding carboxylic acids is 1. The SMILES string of the molecule is C#CCN(Cc1ccc2nc(C)ccc2c1)c1ccc(C(=O)N[C@@H](CCC(=O)O)C(=O)O)cc1. The van der Waals surface area contributed by atoms with E-state index in [4.69, 9.17) is 11.5 Å². The van der Waals surface area contributed by atoms with Crippen molar-refractivity contribution >= 4 is 34.4 Å². The summed E-state index contributed by atoms with van der Waals surface area (Å²) in [6, 6.07) is 15.4. The number of rotatable bonds is 10. The van der Waals surface area contributed by atoms with Gasteiger partial charge in [0.05, 0.1) is 12.1 Å². The third-order valence-electron chi connectivity index (χ3n) is 5.29. The lowest BCUT2D eigenvalue weighted by atomic mass is 10.1. The Morgan fingerprint density at radius 1 is 1.09 bits per heavy atom. The van der Waals surface area contributed by atoms with Crippen LogP contribution in [0.1, 0.15) is 34.5 Å². The number of hydrogen-bond acceptors (Lipinski definition) is 5. The first-order valence-electron chi connectivity index (χ1n) is 10.7. The normalized spacial score (nSPS) is 11.4. The maximum atomic E-state index is 12.5. The lowest BCUT2D eigenvalue weighted by molar-refractivity contribution is -0.140. The van der Waals surface area contributed by atoms with Gasteiger partial charge in [-0.25, -0.2) is 4.79 Å². The summed E-state index contributed by atoms with van der Waals surface area (Å²) in [7, 11) is 0. The van der Waals surface area contributed by atoms with Crippen LogP contribution < -0.4 is 10.2 Å². The van der Waals surface area contributed by atoms with Crippen molar-refractivity contribution in [2.75, 3.05) is 11.4 Å². The molecule has 0 aliphatic heterocycles. The van der Waals surface area contributed by atoms with E-state index in [2.05, 4.69) is 22.3 Å². The summed E-state index contributed by atoms with van der Waals surface area (Å²) in [5.74, 6) is -0.355. The van der Waals surface area contributed by atoms with Crippen LogP contribution in [-0.4, -0.2) is 45.6 Å². The van der Waals surface area contributed by atoms with E-state index in [1.54, 1.807) is 24.3 Å². The number of pyridine rings is 1. The molecule has 1 atom stereocenters. The molecule has 34 heavy (non-hydrogen) atoms. The number of amides is 1. The van der Waals surface area contributed by atoms with Gasteiger partial charge in [-0.3, -0.25) is 14.6 Å². The molecule has 1 amide bonds. The quantitative estimate of drug-likeness (QED) is 0.398. The minimum Gasteiger partial charge on any atom is -0.481 e. The molecule has 2 aromatic carbocycles. The van der Waals surface area contributed by atoms with Gasteiger partial charge < -0.3 is 20.4 Å². The highest BCUT2D eigenvalue weighted by Gasteiger charge is 2.21. The van der Waals surface area contributed by atoms with Crippen molar-refractivity contribution in [3.05, 3.63) is 71.4 Å². The zero-order chi connectivity index (χ0) is 24.7. The zero-order valence-electron chi connectivity index (χ0n) is 18.7. The van der Waals surface area contributed by atoms with Gasteiger partial charge in [-0.2, -0.15) is 0 Å². The van der Waals surface area contributed by atoms with Crippen molar-refractivity contribution < 1.29 is 24.6 Å². The number of carbonyl (C=O) groups is 3. The Bertz CT molecular complexity index is 1250. The van der Waals surface area contributed by atoms with Crippen molar-refractivity contribution in [3.63, 3.8) is 0 Å². The molecule has 0 aliphatic rings. The van der Waals surface area contributed by atoms with Gasteiger partial charge in [0.25, 0.3) is 5.91 Å². The number of aliphatic carboxylic acids is 2. The summed E-state index contributed by atoms with van der Waals surface area (Å²) in [5.41, 5.74) is 3.99. The lowest BCUT2D eigenvalue weighted by Crippen LogP contribution is -2.41. The average molecular weight is 460 g/mol. The Labute approximate surface area is 197 Å². The molecule has 0 bridgehead atoms. The first kappa shape index (κ1) is 24.3. The molecule has 0 unspecified atom stereocenters. The van der Waals surface area contributed by atoms with Crippen LogP contribution >= 0.6 is 0 Å². The van der Waals surface area contributed by atoms with Crippen LogP contribution in [0.4, 0.5) is 5.69 Å². The Balaban J connectivity index is 1.73. The van der Waals surface area contributed by atoms with E-state index in [0.717, 1.165) is 27.8 Å². The summed E-state index contributed by atoms with van der Waals surface area (Å²) in [4.78, 5) is 41.0. The second-order valence-corrected chi connectivity index (χ2v) is 7.88. The lowest BCUT2D eigenvalue weighted by Gasteiger charge is -2.23. The second kappa shape index (κ2) is 11.0. The maximum Gasteiger partial charge on any atom is 0.326 e. The highest BCUT2D eigenvalue weighted by atomic mass is 16.4. The summed E-state index contributed by atoms with van der Waals surface area (Å²) in [6.45, 7) is 2.85. The highest BCUT2D eigenvalue weighted by Crippen LogP contribution is 2.21. The Morgan fingerprint density at radius 3 is 2.47 bits per heavy atom.